The van der Waals surface area contributed by atoms with E-state index in [1.54, 1.807) is 0 Å². The van der Waals surface area contributed by atoms with Gasteiger partial charge in [-0.05, 0) is 0 Å². The lowest BCUT2D eigenvalue weighted by Gasteiger charge is -2.39. The van der Waals surface area contributed by atoms with E-state index in [-0.39, 0.29) is 6.61 Å². The molecule has 78 valence electrons. The summed E-state index contributed by atoms with van der Waals surface area (Å²) in [7, 11) is 1.35. The molecular weight excluding hydrogens is 178 g/mol. The van der Waals surface area contributed by atoms with Gasteiger partial charge in [0.25, 0.3) is 0 Å². The number of hydrogen-bond acceptors (Lipinski definition) is 6. The second-order valence-corrected chi connectivity index (χ2v) is 3.02. The van der Waals surface area contributed by atoms with Crippen LogP contribution in [-0.4, -0.2) is 59.7 Å². The van der Waals surface area contributed by atoms with Gasteiger partial charge in [-0.2, -0.15) is 0 Å². The third-order valence-corrected chi connectivity index (χ3v) is 2.17. The molecule has 1 rings (SSSR count). The molecule has 1 saturated heterocycles. The second kappa shape index (κ2) is 4.32. The molecule has 1 aliphatic heterocycles. The van der Waals surface area contributed by atoms with Crippen LogP contribution in [0.1, 0.15) is 0 Å². The van der Waals surface area contributed by atoms with Crippen molar-refractivity contribution in [3.05, 3.63) is 0 Å². The predicted molar refractivity (Wildman–Crippen MR) is 42.7 cm³/mol. The highest BCUT2D eigenvalue weighted by Crippen LogP contribution is 2.19. The molecule has 0 spiro atoms. The van der Waals surface area contributed by atoms with Crippen LogP contribution in [0.25, 0.3) is 0 Å². The molecule has 6 heteroatoms. The molecule has 1 aliphatic rings. The average molecular weight is 193 g/mol. The summed E-state index contributed by atoms with van der Waals surface area (Å²) in [5.74, 6) is 0. The zero-order valence-corrected chi connectivity index (χ0v) is 7.33. The standard InChI is InChI=1S/C7H15NO5/c1-12-7-6(11)4(8)5(10)3(2-9)13-7/h3-7,9-11H,2,8H2,1H3/t3-,4+,5-,6-,7+/m1/s1. The van der Waals surface area contributed by atoms with Gasteiger partial charge in [-0.25, -0.2) is 0 Å². The Balaban J connectivity index is 2.66. The quantitative estimate of drug-likeness (QED) is 0.383. The van der Waals surface area contributed by atoms with Gasteiger partial charge in [-0.15, -0.1) is 0 Å². The highest BCUT2D eigenvalue weighted by Gasteiger charge is 2.42. The molecule has 0 aromatic heterocycles. The molecule has 13 heavy (non-hydrogen) atoms. The predicted octanol–water partition coefficient (Wildman–Crippen LogP) is -2.60. The lowest BCUT2D eigenvalue weighted by molar-refractivity contribution is -0.267. The smallest absolute Gasteiger partial charge is 0.185 e. The second-order valence-electron chi connectivity index (χ2n) is 3.02. The van der Waals surface area contributed by atoms with Crippen LogP contribution in [0.4, 0.5) is 0 Å². The molecule has 6 nitrogen and oxygen atoms in total. The number of ether oxygens (including phenoxy) is 2. The van der Waals surface area contributed by atoms with Gasteiger partial charge in [0.15, 0.2) is 6.29 Å². The molecule has 0 unspecified atom stereocenters. The Morgan fingerprint density at radius 3 is 2.46 bits per heavy atom. The number of methoxy groups -OCH3 is 1. The number of hydrogen-bond donors (Lipinski definition) is 4. The molecule has 1 fully saturated rings. The maximum Gasteiger partial charge on any atom is 0.185 e. The van der Waals surface area contributed by atoms with Gasteiger partial charge in [0.05, 0.1) is 12.6 Å². The minimum Gasteiger partial charge on any atom is -0.394 e. The Bertz CT molecular complexity index is 147. The van der Waals surface area contributed by atoms with E-state index in [0.717, 1.165) is 0 Å². The SMILES string of the molecule is CO[C@H]1O[C@H](CO)[C@@H](O)[C@H](N)[C@H]1O. The van der Waals surface area contributed by atoms with Crippen LogP contribution >= 0.6 is 0 Å². The highest BCUT2D eigenvalue weighted by atomic mass is 16.7. The maximum atomic E-state index is 9.40. The summed E-state index contributed by atoms with van der Waals surface area (Å²) in [4.78, 5) is 0. The fourth-order valence-electron chi connectivity index (χ4n) is 1.31. The lowest BCUT2D eigenvalue weighted by Crippen LogP contribution is -2.62. The first-order chi connectivity index (χ1) is 6.11. The van der Waals surface area contributed by atoms with Crippen LogP contribution in [0.2, 0.25) is 0 Å². The van der Waals surface area contributed by atoms with E-state index in [2.05, 4.69) is 0 Å². The molecule has 0 aromatic carbocycles. The fraction of sp³-hybridized carbons (Fsp3) is 1.00. The first-order valence-electron chi connectivity index (χ1n) is 4.02. The van der Waals surface area contributed by atoms with E-state index in [0.29, 0.717) is 0 Å². The third kappa shape index (κ3) is 1.98. The average Bonchev–Trinajstić information content (AvgIpc) is 2.15. The first kappa shape index (κ1) is 10.8. The normalized spacial score (nSPS) is 46.4. The van der Waals surface area contributed by atoms with Gasteiger partial charge in [0, 0.05) is 7.11 Å². The van der Waals surface area contributed by atoms with Crippen molar-refractivity contribution in [2.45, 2.75) is 30.6 Å². The van der Waals surface area contributed by atoms with E-state index >= 15 is 0 Å². The molecule has 0 amide bonds. The molecule has 0 bridgehead atoms. The topological polar surface area (TPSA) is 105 Å². The minimum atomic E-state index is -1.08. The summed E-state index contributed by atoms with van der Waals surface area (Å²) in [5, 5.41) is 27.6. The third-order valence-electron chi connectivity index (χ3n) is 2.17. The van der Waals surface area contributed by atoms with Crippen LogP contribution in [-0.2, 0) is 9.47 Å². The van der Waals surface area contributed by atoms with E-state index in [4.69, 9.17) is 20.3 Å². The number of rotatable bonds is 2. The zero-order valence-electron chi connectivity index (χ0n) is 7.33. The molecule has 0 saturated carbocycles. The van der Waals surface area contributed by atoms with Gasteiger partial charge in [0.2, 0.25) is 0 Å². The van der Waals surface area contributed by atoms with Crippen molar-refractivity contribution in [2.24, 2.45) is 5.73 Å². The Morgan fingerprint density at radius 1 is 1.38 bits per heavy atom. The summed E-state index contributed by atoms with van der Waals surface area (Å²) in [6, 6.07) is -0.865. The largest absolute Gasteiger partial charge is 0.394 e. The van der Waals surface area contributed by atoms with Crippen molar-refractivity contribution < 1.29 is 24.8 Å². The van der Waals surface area contributed by atoms with Gasteiger partial charge in [-0.3, -0.25) is 0 Å². The number of aliphatic hydroxyl groups is 3. The van der Waals surface area contributed by atoms with Crippen molar-refractivity contribution in [3.8, 4) is 0 Å². The van der Waals surface area contributed by atoms with Crippen LogP contribution in [0.3, 0.4) is 0 Å². The van der Waals surface area contributed by atoms with Crippen LogP contribution in [0, 0.1) is 0 Å². The minimum absolute atomic E-state index is 0.360. The molecule has 0 radical (unpaired) electrons. The monoisotopic (exact) mass is 193 g/mol. The summed E-state index contributed by atoms with van der Waals surface area (Å²) in [6.07, 6.45) is -3.85. The molecule has 0 aliphatic carbocycles. The Hall–Kier alpha value is -0.240. The van der Waals surface area contributed by atoms with E-state index in [1.165, 1.54) is 7.11 Å². The summed E-state index contributed by atoms with van der Waals surface area (Å²) in [5.41, 5.74) is 5.48. The number of aliphatic hydroxyl groups excluding tert-OH is 3. The Labute approximate surface area is 75.9 Å². The maximum absolute atomic E-state index is 9.40. The summed E-state index contributed by atoms with van der Waals surface area (Å²) < 4.78 is 9.81. The van der Waals surface area contributed by atoms with E-state index < -0.39 is 30.6 Å². The van der Waals surface area contributed by atoms with Gasteiger partial charge in [-0.1, -0.05) is 0 Å². The van der Waals surface area contributed by atoms with Crippen molar-refractivity contribution >= 4 is 0 Å². The van der Waals surface area contributed by atoms with Crippen molar-refractivity contribution in [2.75, 3.05) is 13.7 Å². The molecule has 5 atom stereocenters. The Kier molecular flexibility index (Phi) is 3.60. The van der Waals surface area contributed by atoms with Gasteiger partial charge < -0.3 is 30.5 Å². The molecule has 5 N–H and O–H groups in total. The van der Waals surface area contributed by atoms with Crippen LogP contribution in [0.5, 0.6) is 0 Å². The number of nitrogens with two attached hydrogens (primary N) is 1. The fourth-order valence-corrected chi connectivity index (χ4v) is 1.31. The van der Waals surface area contributed by atoms with Gasteiger partial charge in [0.1, 0.15) is 18.3 Å². The highest BCUT2D eigenvalue weighted by molar-refractivity contribution is 4.91. The first-order valence-corrected chi connectivity index (χ1v) is 4.02. The van der Waals surface area contributed by atoms with Crippen molar-refractivity contribution in [1.82, 2.24) is 0 Å². The van der Waals surface area contributed by atoms with Crippen LogP contribution < -0.4 is 5.73 Å². The lowest BCUT2D eigenvalue weighted by atomic mass is 9.97. The molecule has 1 heterocycles. The van der Waals surface area contributed by atoms with Crippen molar-refractivity contribution in [1.29, 1.82) is 0 Å². The Morgan fingerprint density at radius 2 is 2.00 bits per heavy atom. The van der Waals surface area contributed by atoms with Crippen molar-refractivity contribution in [3.63, 3.8) is 0 Å². The summed E-state index contributed by atoms with van der Waals surface area (Å²) >= 11 is 0. The van der Waals surface area contributed by atoms with Crippen LogP contribution in [0.15, 0.2) is 0 Å². The van der Waals surface area contributed by atoms with Gasteiger partial charge >= 0.3 is 0 Å². The zero-order chi connectivity index (χ0) is 10.0. The van der Waals surface area contributed by atoms with E-state index in [1.807, 2.05) is 0 Å². The van der Waals surface area contributed by atoms with E-state index in [9.17, 15) is 10.2 Å². The molecule has 0 aromatic rings. The molecular formula is C7H15NO5. The summed E-state index contributed by atoms with van der Waals surface area (Å²) in [6.45, 7) is -0.360.